The second kappa shape index (κ2) is 4.93. The number of carbonyl (C=O) groups is 2. The van der Waals surface area contributed by atoms with Crippen LogP contribution in [0.3, 0.4) is 0 Å². The van der Waals surface area contributed by atoms with Crippen molar-refractivity contribution in [3.05, 3.63) is 48.0 Å². The number of fused-ring (bicyclic) bond motifs is 1. The summed E-state index contributed by atoms with van der Waals surface area (Å²) >= 11 is 0. The number of benzene rings is 1. The first kappa shape index (κ1) is 11.5. The summed E-state index contributed by atoms with van der Waals surface area (Å²) in [7, 11) is 0. The van der Waals surface area contributed by atoms with Crippen LogP contribution in [0.2, 0.25) is 0 Å². The van der Waals surface area contributed by atoms with Crippen LogP contribution < -0.4 is 0 Å². The lowest BCUT2D eigenvalue weighted by molar-refractivity contribution is 0.0585. The Balaban J connectivity index is 2.05. The topological polar surface area (TPSA) is 46.6 Å². The second-order valence-corrected chi connectivity index (χ2v) is 3.67. The molecule has 0 aliphatic carbocycles. The molecule has 4 heteroatoms. The number of rotatable bonds is 5. The van der Waals surface area contributed by atoms with Crippen molar-refractivity contribution < 1.29 is 14.3 Å². The molecule has 1 aromatic rings. The Labute approximate surface area is 99.5 Å². The molecule has 0 saturated heterocycles. The first-order valence-electron chi connectivity index (χ1n) is 5.39. The van der Waals surface area contributed by atoms with Gasteiger partial charge in [-0.2, -0.15) is 0 Å². The molecule has 0 unspecified atom stereocenters. The largest absolute Gasteiger partial charge is 0.376 e. The number of amides is 2. The van der Waals surface area contributed by atoms with Gasteiger partial charge in [-0.1, -0.05) is 18.2 Å². The lowest BCUT2D eigenvalue weighted by Crippen LogP contribution is -2.33. The Morgan fingerprint density at radius 3 is 2.29 bits per heavy atom. The van der Waals surface area contributed by atoms with Gasteiger partial charge < -0.3 is 4.74 Å². The first-order valence-corrected chi connectivity index (χ1v) is 5.39. The summed E-state index contributed by atoms with van der Waals surface area (Å²) in [4.78, 5) is 25.0. The van der Waals surface area contributed by atoms with Crippen LogP contribution in [0, 0.1) is 0 Å². The fourth-order valence-corrected chi connectivity index (χ4v) is 1.76. The molecular weight excluding hydrogens is 218 g/mol. The highest BCUT2D eigenvalue weighted by Crippen LogP contribution is 2.21. The van der Waals surface area contributed by atoms with Crippen LogP contribution in [0.5, 0.6) is 0 Å². The molecule has 0 spiro atoms. The quantitative estimate of drug-likeness (QED) is 0.438. The molecule has 0 saturated carbocycles. The van der Waals surface area contributed by atoms with Crippen LogP contribution >= 0.6 is 0 Å². The van der Waals surface area contributed by atoms with Gasteiger partial charge in [0, 0.05) is 0 Å². The minimum atomic E-state index is -0.243. The molecule has 0 atom stereocenters. The van der Waals surface area contributed by atoms with E-state index in [-0.39, 0.29) is 18.4 Å². The zero-order valence-corrected chi connectivity index (χ0v) is 9.39. The van der Waals surface area contributed by atoms with E-state index >= 15 is 0 Å². The van der Waals surface area contributed by atoms with E-state index in [1.165, 1.54) is 4.90 Å². The van der Waals surface area contributed by atoms with Crippen molar-refractivity contribution in [2.24, 2.45) is 0 Å². The van der Waals surface area contributed by atoms with E-state index in [2.05, 4.69) is 6.58 Å². The molecule has 0 bridgehead atoms. The van der Waals surface area contributed by atoms with Gasteiger partial charge in [0.25, 0.3) is 11.8 Å². The Kier molecular flexibility index (Phi) is 3.35. The molecule has 2 amide bonds. The van der Waals surface area contributed by atoms with E-state index < -0.39 is 0 Å². The minimum absolute atomic E-state index is 0.243. The molecule has 88 valence electrons. The standard InChI is InChI=1S/C13H13NO3/c1-2-8-17-9-7-14-12(15)10-5-3-4-6-11(10)13(14)16/h2-6H,1,7-9H2. The summed E-state index contributed by atoms with van der Waals surface area (Å²) in [5.41, 5.74) is 0.947. The van der Waals surface area contributed by atoms with Crippen molar-refractivity contribution in [3.8, 4) is 0 Å². The lowest BCUT2D eigenvalue weighted by atomic mass is 10.1. The van der Waals surface area contributed by atoms with Crippen molar-refractivity contribution in [2.45, 2.75) is 0 Å². The normalized spacial score (nSPS) is 14.0. The van der Waals surface area contributed by atoms with Crippen LogP contribution in [0.1, 0.15) is 20.7 Å². The highest BCUT2D eigenvalue weighted by atomic mass is 16.5. The Morgan fingerprint density at radius 2 is 1.76 bits per heavy atom. The van der Waals surface area contributed by atoms with Gasteiger partial charge in [0.2, 0.25) is 0 Å². The van der Waals surface area contributed by atoms with Gasteiger partial charge in [-0.25, -0.2) is 0 Å². The first-order chi connectivity index (χ1) is 8.25. The van der Waals surface area contributed by atoms with E-state index in [1.54, 1.807) is 30.3 Å². The van der Waals surface area contributed by atoms with Gasteiger partial charge in [-0.15, -0.1) is 6.58 Å². The third-order valence-electron chi connectivity index (χ3n) is 2.57. The van der Waals surface area contributed by atoms with Crippen LogP contribution in [-0.2, 0) is 4.74 Å². The zero-order chi connectivity index (χ0) is 12.3. The summed E-state index contributed by atoms with van der Waals surface area (Å²) in [5, 5.41) is 0. The summed E-state index contributed by atoms with van der Waals surface area (Å²) in [6.07, 6.45) is 1.63. The number of hydrogen-bond donors (Lipinski definition) is 0. The van der Waals surface area contributed by atoms with Gasteiger partial charge in [0.15, 0.2) is 0 Å². The molecule has 0 aromatic heterocycles. The molecule has 0 N–H and O–H groups in total. The minimum Gasteiger partial charge on any atom is -0.376 e. The monoisotopic (exact) mass is 231 g/mol. The molecule has 1 heterocycles. The molecule has 1 aliphatic rings. The van der Waals surface area contributed by atoms with Crippen LogP contribution in [0.4, 0.5) is 0 Å². The fourth-order valence-electron chi connectivity index (χ4n) is 1.76. The number of imide groups is 1. The average Bonchev–Trinajstić information content (AvgIpc) is 2.60. The Bertz CT molecular complexity index is 432. The van der Waals surface area contributed by atoms with Gasteiger partial charge in [0.1, 0.15) is 0 Å². The van der Waals surface area contributed by atoms with E-state index in [1.807, 2.05) is 0 Å². The van der Waals surface area contributed by atoms with Crippen molar-refractivity contribution in [1.82, 2.24) is 4.90 Å². The molecule has 17 heavy (non-hydrogen) atoms. The van der Waals surface area contributed by atoms with E-state index in [0.29, 0.717) is 24.3 Å². The highest BCUT2D eigenvalue weighted by Gasteiger charge is 2.34. The predicted octanol–water partition coefficient (Wildman–Crippen LogP) is 1.49. The van der Waals surface area contributed by atoms with E-state index in [0.717, 1.165) is 0 Å². The van der Waals surface area contributed by atoms with E-state index in [4.69, 9.17) is 4.74 Å². The van der Waals surface area contributed by atoms with Crippen LogP contribution in [-0.4, -0.2) is 36.5 Å². The molecule has 1 aliphatic heterocycles. The van der Waals surface area contributed by atoms with Gasteiger partial charge in [-0.05, 0) is 12.1 Å². The molecule has 4 nitrogen and oxygen atoms in total. The van der Waals surface area contributed by atoms with Crippen LogP contribution in [0.25, 0.3) is 0 Å². The number of ether oxygens (including phenoxy) is 1. The number of hydrogen-bond acceptors (Lipinski definition) is 3. The Morgan fingerprint density at radius 1 is 1.18 bits per heavy atom. The second-order valence-electron chi connectivity index (χ2n) is 3.67. The zero-order valence-electron chi connectivity index (χ0n) is 9.39. The fraction of sp³-hybridized carbons (Fsp3) is 0.231. The van der Waals surface area contributed by atoms with Crippen molar-refractivity contribution in [3.63, 3.8) is 0 Å². The summed E-state index contributed by atoms with van der Waals surface area (Å²) in [6.45, 7) is 4.55. The van der Waals surface area contributed by atoms with Crippen molar-refractivity contribution in [2.75, 3.05) is 19.8 Å². The highest BCUT2D eigenvalue weighted by molar-refractivity contribution is 6.21. The third kappa shape index (κ3) is 2.12. The molecule has 0 fully saturated rings. The molecular formula is C13H13NO3. The molecule has 0 radical (unpaired) electrons. The summed E-state index contributed by atoms with van der Waals surface area (Å²) in [5.74, 6) is -0.486. The SMILES string of the molecule is C=CCOCCN1C(=O)c2ccccc2C1=O. The maximum absolute atomic E-state index is 11.9. The third-order valence-corrected chi connectivity index (χ3v) is 2.57. The van der Waals surface area contributed by atoms with Crippen molar-refractivity contribution >= 4 is 11.8 Å². The molecule has 2 rings (SSSR count). The Hall–Kier alpha value is -1.94. The van der Waals surface area contributed by atoms with Gasteiger partial charge in [-0.3, -0.25) is 14.5 Å². The number of carbonyl (C=O) groups excluding carboxylic acids is 2. The lowest BCUT2D eigenvalue weighted by Gasteiger charge is -2.13. The van der Waals surface area contributed by atoms with Crippen LogP contribution in [0.15, 0.2) is 36.9 Å². The predicted molar refractivity (Wildman–Crippen MR) is 62.8 cm³/mol. The molecule has 1 aromatic carbocycles. The smallest absolute Gasteiger partial charge is 0.261 e. The summed E-state index contributed by atoms with van der Waals surface area (Å²) in [6, 6.07) is 6.84. The van der Waals surface area contributed by atoms with Crippen molar-refractivity contribution in [1.29, 1.82) is 0 Å². The van der Waals surface area contributed by atoms with Gasteiger partial charge >= 0.3 is 0 Å². The summed E-state index contributed by atoms with van der Waals surface area (Å²) < 4.78 is 5.18. The maximum atomic E-state index is 11.9. The van der Waals surface area contributed by atoms with Gasteiger partial charge in [0.05, 0.1) is 30.9 Å². The van der Waals surface area contributed by atoms with E-state index in [9.17, 15) is 9.59 Å². The number of nitrogens with zero attached hydrogens (tertiary/aromatic N) is 1. The average molecular weight is 231 g/mol. The maximum Gasteiger partial charge on any atom is 0.261 e.